The van der Waals surface area contributed by atoms with Gasteiger partial charge in [-0.25, -0.2) is 4.39 Å². The molecule has 2 aromatic rings. The van der Waals surface area contributed by atoms with Crippen LogP contribution in [-0.4, -0.2) is 43.4 Å². The molecule has 0 aromatic heterocycles. The predicted molar refractivity (Wildman–Crippen MR) is 108 cm³/mol. The molecule has 2 aromatic carbocycles. The van der Waals surface area contributed by atoms with Crippen LogP contribution in [0, 0.1) is 12.7 Å². The van der Waals surface area contributed by atoms with Crippen LogP contribution in [0.3, 0.4) is 0 Å². The fourth-order valence-corrected chi connectivity index (χ4v) is 3.63. The summed E-state index contributed by atoms with van der Waals surface area (Å²) in [5.74, 6) is -0.636. The van der Waals surface area contributed by atoms with E-state index in [-0.39, 0.29) is 11.7 Å². The van der Waals surface area contributed by atoms with E-state index < -0.39 is 0 Å². The second-order valence-corrected chi connectivity index (χ2v) is 6.98. The highest BCUT2D eigenvalue weighted by atomic mass is 19.1. The molecule has 1 saturated heterocycles. The van der Waals surface area contributed by atoms with E-state index in [2.05, 4.69) is 15.5 Å². The molecule has 0 spiro atoms. The lowest BCUT2D eigenvalue weighted by Gasteiger charge is -2.35. The molecule has 4 rings (SSSR count). The molecule has 1 fully saturated rings. The smallest absolute Gasteiger partial charge is 0.257 e. The van der Waals surface area contributed by atoms with Gasteiger partial charge in [-0.2, -0.15) is 0 Å². The highest BCUT2D eigenvalue weighted by Crippen LogP contribution is 2.32. The van der Waals surface area contributed by atoms with E-state index in [1.807, 2.05) is 25.1 Å². The standard InChI is InChI=1S/C21H21FN4O2/c1-14-10-16(3-5-20(14)26-8-6-25(13-27)7-9-26)23-12-18-17-4-2-15(22)11-19(17)24-21(18)28/h2-5,10-13,23H,6-9H2,1H3,(H,24,28)/b18-12-. The maximum atomic E-state index is 13.3. The molecule has 7 heteroatoms. The average molecular weight is 380 g/mol. The monoisotopic (exact) mass is 380 g/mol. The number of piperazine rings is 1. The molecule has 0 radical (unpaired) electrons. The molecule has 2 N–H and O–H groups in total. The molecular weight excluding hydrogens is 359 g/mol. The van der Waals surface area contributed by atoms with Crippen molar-refractivity contribution in [1.29, 1.82) is 0 Å². The van der Waals surface area contributed by atoms with Gasteiger partial charge in [-0.3, -0.25) is 9.59 Å². The van der Waals surface area contributed by atoms with Crippen LogP contribution in [0.5, 0.6) is 0 Å². The predicted octanol–water partition coefficient (Wildman–Crippen LogP) is 2.82. The summed E-state index contributed by atoms with van der Waals surface area (Å²) in [6.45, 7) is 5.11. The number of fused-ring (bicyclic) bond motifs is 1. The van der Waals surface area contributed by atoms with Gasteiger partial charge in [0.05, 0.1) is 11.3 Å². The third kappa shape index (κ3) is 3.43. The summed E-state index contributed by atoms with van der Waals surface area (Å²) < 4.78 is 13.3. The Morgan fingerprint density at radius 1 is 1.11 bits per heavy atom. The number of carbonyl (C=O) groups is 2. The molecular formula is C21H21FN4O2. The fraction of sp³-hybridized carbons (Fsp3) is 0.238. The molecule has 2 aliphatic rings. The first-order chi connectivity index (χ1) is 13.5. The molecule has 2 amide bonds. The summed E-state index contributed by atoms with van der Waals surface area (Å²) in [5.41, 5.74) is 4.76. The van der Waals surface area contributed by atoms with Gasteiger partial charge in [0.2, 0.25) is 6.41 Å². The Hall–Kier alpha value is -3.35. The Balaban J connectivity index is 1.49. The van der Waals surface area contributed by atoms with Crippen LogP contribution in [0.25, 0.3) is 5.57 Å². The van der Waals surface area contributed by atoms with Crippen LogP contribution < -0.4 is 15.5 Å². The van der Waals surface area contributed by atoms with Crippen molar-refractivity contribution in [2.75, 3.05) is 41.7 Å². The lowest BCUT2D eigenvalue weighted by atomic mass is 10.1. The second kappa shape index (κ2) is 7.34. The van der Waals surface area contributed by atoms with E-state index >= 15 is 0 Å². The van der Waals surface area contributed by atoms with E-state index in [9.17, 15) is 14.0 Å². The zero-order chi connectivity index (χ0) is 19.7. The van der Waals surface area contributed by atoms with E-state index in [1.54, 1.807) is 17.2 Å². The van der Waals surface area contributed by atoms with Crippen molar-refractivity contribution in [2.45, 2.75) is 6.92 Å². The zero-order valence-electron chi connectivity index (χ0n) is 15.5. The highest BCUT2D eigenvalue weighted by molar-refractivity contribution is 6.31. The number of rotatable bonds is 4. The number of benzene rings is 2. The topological polar surface area (TPSA) is 64.7 Å². The Morgan fingerprint density at radius 3 is 2.61 bits per heavy atom. The normalized spacial score (nSPS) is 17.5. The van der Waals surface area contributed by atoms with Crippen molar-refractivity contribution in [3.05, 3.63) is 59.5 Å². The minimum absolute atomic E-state index is 0.255. The number of hydrogen-bond donors (Lipinski definition) is 2. The molecule has 0 unspecified atom stereocenters. The van der Waals surface area contributed by atoms with E-state index in [4.69, 9.17) is 0 Å². The quantitative estimate of drug-likeness (QED) is 0.632. The Labute approximate surface area is 162 Å². The fourth-order valence-electron chi connectivity index (χ4n) is 3.63. The Bertz CT molecular complexity index is 965. The maximum absolute atomic E-state index is 13.3. The lowest BCUT2D eigenvalue weighted by Crippen LogP contribution is -2.45. The number of nitrogens with zero attached hydrogens (tertiary/aromatic N) is 2. The first-order valence-corrected chi connectivity index (χ1v) is 9.18. The van der Waals surface area contributed by atoms with Crippen molar-refractivity contribution >= 4 is 35.0 Å². The Kier molecular flexibility index (Phi) is 4.73. The van der Waals surface area contributed by atoms with Crippen LogP contribution in [0.2, 0.25) is 0 Å². The number of hydrogen-bond acceptors (Lipinski definition) is 4. The van der Waals surface area contributed by atoms with Crippen molar-refractivity contribution in [3.8, 4) is 0 Å². The van der Waals surface area contributed by atoms with Gasteiger partial charge >= 0.3 is 0 Å². The molecule has 0 aliphatic carbocycles. The lowest BCUT2D eigenvalue weighted by molar-refractivity contribution is -0.118. The zero-order valence-corrected chi connectivity index (χ0v) is 15.5. The summed E-state index contributed by atoms with van der Waals surface area (Å²) in [4.78, 5) is 27.1. The van der Waals surface area contributed by atoms with E-state index in [0.717, 1.165) is 49.5 Å². The van der Waals surface area contributed by atoms with Crippen molar-refractivity contribution in [2.24, 2.45) is 0 Å². The van der Waals surface area contributed by atoms with Gasteiger partial charge in [0.15, 0.2) is 0 Å². The summed E-state index contributed by atoms with van der Waals surface area (Å²) >= 11 is 0. The second-order valence-electron chi connectivity index (χ2n) is 6.98. The number of carbonyl (C=O) groups excluding carboxylic acids is 2. The summed E-state index contributed by atoms with van der Waals surface area (Å²) in [5, 5.41) is 5.84. The van der Waals surface area contributed by atoms with Gasteiger partial charge in [-0.1, -0.05) is 0 Å². The van der Waals surface area contributed by atoms with E-state index in [1.165, 1.54) is 12.1 Å². The average Bonchev–Trinajstić information content (AvgIpc) is 3.00. The van der Waals surface area contributed by atoms with Crippen molar-refractivity contribution < 1.29 is 14.0 Å². The first kappa shape index (κ1) is 18.0. The minimum atomic E-state index is -0.381. The number of anilines is 3. The SMILES string of the molecule is Cc1cc(N/C=C2\C(=O)Nc3cc(F)ccc32)ccc1N1CCN(C=O)CC1. The maximum Gasteiger partial charge on any atom is 0.257 e. The number of nitrogens with one attached hydrogen (secondary N) is 2. The van der Waals surface area contributed by atoms with Crippen LogP contribution >= 0.6 is 0 Å². The van der Waals surface area contributed by atoms with Gasteiger partial charge in [-0.05, 0) is 48.9 Å². The third-order valence-corrected chi connectivity index (χ3v) is 5.15. The molecule has 28 heavy (non-hydrogen) atoms. The minimum Gasteiger partial charge on any atom is -0.368 e. The van der Waals surface area contributed by atoms with Gasteiger partial charge in [0.25, 0.3) is 5.91 Å². The summed E-state index contributed by atoms with van der Waals surface area (Å²) in [6.07, 6.45) is 2.55. The van der Waals surface area contributed by atoms with Crippen LogP contribution in [0.1, 0.15) is 11.1 Å². The number of halogens is 1. The molecule has 2 aliphatic heterocycles. The van der Waals surface area contributed by atoms with Crippen LogP contribution in [0.4, 0.5) is 21.5 Å². The van der Waals surface area contributed by atoms with Gasteiger partial charge in [0.1, 0.15) is 5.82 Å². The Morgan fingerprint density at radius 2 is 1.89 bits per heavy atom. The molecule has 0 bridgehead atoms. The summed E-state index contributed by atoms with van der Waals surface area (Å²) in [7, 11) is 0. The van der Waals surface area contributed by atoms with E-state index in [0.29, 0.717) is 16.8 Å². The number of aryl methyl sites for hydroxylation is 1. The first-order valence-electron chi connectivity index (χ1n) is 9.18. The molecule has 2 heterocycles. The van der Waals surface area contributed by atoms with Crippen molar-refractivity contribution in [3.63, 3.8) is 0 Å². The van der Waals surface area contributed by atoms with Crippen LogP contribution in [0.15, 0.2) is 42.6 Å². The van der Waals surface area contributed by atoms with Crippen molar-refractivity contribution in [1.82, 2.24) is 4.90 Å². The third-order valence-electron chi connectivity index (χ3n) is 5.15. The van der Waals surface area contributed by atoms with Gasteiger partial charge < -0.3 is 20.4 Å². The van der Waals surface area contributed by atoms with Gasteiger partial charge in [-0.15, -0.1) is 0 Å². The molecule has 144 valence electrons. The largest absolute Gasteiger partial charge is 0.368 e. The summed E-state index contributed by atoms with van der Waals surface area (Å²) in [6, 6.07) is 10.3. The number of amides is 2. The molecule has 0 saturated carbocycles. The molecule has 6 nitrogen and oxygen atoms in total. The van der Waals surface area contributed by atoms with Crippen LogP contribution in [-0.2, 0) is 9.59 Å². The van der Waals surface area contributed by atoms with Gasteiger partial charge in [0, 0.05) is 49.3 Å². The molecule has 0 atom stereocenters. The highest BCUT2D eigenvalue weighted by Gasteiger charge is 2.24.